The van der Waals surface area contributed by atoms with Gasteiger partial charge >= 0.3 is 0 Å². The highest BCUT2D eigenvalue weighted by molar-refractivity contribution is 6.30. The Bertz CT molecular complexity index is 983. The number of carbonyl (C=O) groups excluding carboxylic acids is 1. The van der Waals surface area contributed by atoms with Crippen molar-refractivity contribution < 1.29 is 9.53 Å². The van der Waals surface area contributed by atoms with E-state index in [2.05, 4.69) is 50.2 Å². The van der Waals surface area contributed by atoms with Crippen molar-refractivity contribution in [3.63, 3.8) is 0 Å². The van der Waals surface area contributed by atoms with Gasteiger partial charge in [-0.3, -0.25) is 4.79 Å². The highest BCUT2D eigenvalue weighted by Gasteiger charge is 2.67. The van der Waals surface area contributed by atoms with Crippen LogP contribution in [0.3, 0.4) is 0 Å². The largest absolute Gasteiger partial charge is 0.376 e. The average Bonchev–Trinajstić information content (AvgIpc) is 3.18. The number of allylic oxidation sites excluding steroid dienone is 3. The van der Waals surface area contributed by atoms with Gasteiger partial charge in [-0.15, -0.1) is 0 Å². The molecule has 1 aliphatic heterocycles. The van der Waals surface area contributed by atoms with Crippen LogP contribution in [0.1, 0.15) is 37.8 Å². The van der Waals surface area contributed by atoms with Gasteiger partial charge in [0, 0.05) is 11.0 Å². The summed E-state index contributed by atoms with van der Waals surface area (Å²) in [5, 5.41) is 0. The summed E-state index contributed by atoms with van der Waals surface area (Å²) in [7, 11) is 0. The fraction of sp³-hybridized carbons (Fsp3) is 0.320. The summed E-state index contributed by atoms with van der Waals surface area (Å²) in [6, 6.07) is 20.6. The van der Waals surface area contributed by atoms with Gasteiger partial charge in [-0.25, -0.2) is 0 Å². The number of rotatable bonds is 2. The van der Waals surface area contributed by atoms with Gasteiger partial charge in [0.15, 0.2) is 5.78 Å². The number of hydrogen-bond donors (Lipinski definition) is 0. The summed E-state index contributed by atoms with van der Waals surface area (Å²) < 4.78 is 6.07. The Kier molecular flexibility index (Phi) is 3.57. The smallest absolute Gasteiger partial charge is 0.175 e. The lowest BCUT2D eigenvalue weighted by molar-refractivity contribution is -0.122. The van der Waals surface area contributed by atoms with Crippen LogP contribution in [0.25, 0.3) is 5.57 Å². The van der Waals surface area contributed by atoms with Crippen molar-refractivity contribution in [1.82, 2.24) is 0 Å². The molecule has 2 nitrogen and oxygen atoms in total. The zero-order valence-corrected chi connectivity index (χ0v) is 15.9. The molecule has 0 bridgehead atoms. The van der Waals surface area contributed by atoms with Gasteiger partial charge in [-0.1, -0.05) is 71.8 Å². The standard InChI is InChI=1S/C25H24O2/c1-17-13-24-16-27-15-21(24)22(19-9-5-3-6-10-19)23(26)25(24,14-18(17)2)20-11-7-4-8-12-20/h3-12H,13-16H2,1-2H3/t24-,25+/m1/s1. The fourth-order valence-corrected chi connectivity index (χ4v) is 5.67. The van der Waals surface area contributed by atoms with Crippen LogP contribution >= 0.6 is 0 Å². The van der Waals surface area contributed by atoms with Crippen molar-refractivity contribution in [2.45, 2.75) is 32.1 Å². The molecule has 2 aromatic rings. The summed E-state index contributed by atoms with van der Waals surface area (Å²) in [6.07, 6.45) is 1.69. The summed E-state index contributed by atoms with van der Waals surface area (Å²) in [6.45, 7) is 5.61. The van der Waals surface area contributed by atoms with Crippen LogP contribution in [0.5, 0.6) is 0 Å². The third kappa shape index (κ3) is 2.02. The summed E-state index contributed by atoms with van der Waals surface area (Å²) in [5.74, 6) is 0.282. The topological polar surface area (TPSA) is 26.3 Å². The first kappa shape index (κ1) is 16.7. The van der Waals surface area contributed by atoms with E-state index in [0.717, 1.165) is 29.5 Å². The molecule has 2 atom stereocenters. The Morgan fingerprint density at radius 3 is 2.19 bits per heavy atom. The van der Waals surface area contributed by atoms with Crippen molar-refractivity contribution in [2.75, 3.05) is 13.2 Å². The molecule has 0 N–H and O–H groups in total. The zero-order valence-electron chi connectivity index (χ0n) is 15.9. The van der Waals surface area contributed by atoms with E-state index in [-0.39, 0.29) is 11.2 Å². The minimum absolute atomic E-state index is 0.250. The molecule has 3 aliphatic rings. The number of benzene rings is 2. The second kappa shape index (κ2) is 5.77. The lowest BCUT2D eigenvalue weighted by Gasteiger charge is -2.48. The third-order valence-corrected chi connectivity index (χ3v) is 7.06. The number of hydrogen-bond acceptors (Lipinski definition) is 2. The van der Waals surface area contributed by atoms with E-state index < -0.39 is 5.41 Å². The van der Waals surface area contributed by atoms with Gasteiger partial charge in [0.05, 0.1) is 18.6 Å². The van der Waals surface area contributed by atoms with E-state index in [0.29, 0.717) is 13.2 Å². The van der Waals surface area contributed by atoms with Gasteiger partial charge in [0.1, 0.15) is 0 Å². The van der Waals surface area contributed by atoms with Crippen molar-refractivity contribution >= 4 is 11.4 Å². The highest BCUT2D eigenvalue weighted by atomic mass is 16.5. The fourth-order valence-electron chi connectivity index (χ4n) is 5.67. The molecule has 0 unspecified atom stereocenters. The maximum Gasteiger partial charge on any atom is 0.175 e. The van der Waals surface area contributed by atoms with Crippen LogP contribution in [0.15, 0.2) is 77.4 Å². The molecule has 0 aromatic heterocycles. The molecule has 2 aliphatic carbocycles. The zero-order chi connectivity index (χ0) is 18.6. The quantitative estimate of drug-likeness (QED) is 0.699. The Labute approximate surface area is 160 Å². The van der Waals surface area contributed by atoms with Gasteiger partial charge in [-0.2, -0.15) is 0 Å². The molecule has 0 amide bonds. The molecule has 1 saturated heterocycles. The molecule has 27 heavy (non-hydrogen) atoms. The lowest BCUT2D eigenvalue weighted by atomic mass is 9.52. The maximum absolute atomic E-state index is 14.2. The van der Waals surface area contributed by atoms with Crippen LogP contribution in [-0.2, 0) is 14.9 Å². The first-order chi connectivity index (χ1) is 13.1. The number of carbonyl (C=O) groups is 1. The molecule has 2 aromatic carbocycles. The molecule has 5 rings (SSSR count). The monoisotopic (exact) mass is 356 g/mol. The summed E-state index contributed by atoms with van der Waals surface area (Å²) in [5.41, 5.74) is 6.24. The Morgan fingerprint density at radius 1 is 0.852 bits per heavy atom. The van der Waals surface area contributed by atoms with Crippen molar-refractivity contribution in [1.29, 1.82) is 0 Å². The Hall–Kier alpha value is -2.45. The molecule has 1 heterocycles. The number of ketones is 1. The van der Waals surface area contributed by atoms with Crippen LogP contribution in [-0.4, -0.2) is 19.0 Å². The molecule has 136 valence electrons. The van der Waals surface area contributed by atoms with Crippen LogP contribution in [0, 0.1) is 5.41 Å². The van der Waals surface area contributed by atoms with E-state index in [1.807, 2.05) is 24.3 Å². The predicted molar refractivity (Wildman–Crippen MR) is 107 cm³/mol. The normalized spacial score (nSPS) is 29.9. The molecule has 2 heteroatoms. The van der Waals surface area contributed by atoms with E-state index in [1.54, 1.807) is 0 Å². The van der Waals surface area contributed by atoms with Crippen LogP contribution in [0.4, 0.5) is 0 Å². The van der Waals surface area contributed by atoms with E-state index in [1.165, 1.54) is 16.7 Å². The van der Waals surface area contributed by atoms with E-state index >= 15 is 0 Å². The maximum atomic E-state index is 14.2. The van der Waals surface area contributed by atoms with Gasteiger partial charge < -0.3 is 4.74 Å². The minimum Gasteiger partial charge on any atom is -0.376 e. The molecule has 0 radical (unpaired) electrons. The second-order valence-corrected chi connectivity index (χ2v) is 8.31. The SMILES string of the molecule is CC1=C(C)C[C@]2(c3ccccc3)C(=O)C(c3ccccc3)=C3COC[C@]32C1. The van der Waals surface area contributed by atoms with Gasteiger partial charge in [-0.05, 0) is 43.4 Å². The van der Waals surface area contributed by atoms with Crippen LogP contribution < -0.4 is 0 Å². The van der Waals surface area contributed by atoms with Crippen molar-refractivity contribution in [2.24, 2.45) is 5.41 Å². The molecule has 1 fully saturated rings. The van der Waals surface area contributed by atoms with Crippen LogP contribution in [0.2, 0.25) is 0 Å². The van der Waals surface area contributed by atoms with Crippen molar-refractivity contribution in [3.05, 3.63) is 88.5 Å². The third-order valence-electron chi connectivity index (χ3n) is 7.06. The molecular formula is C25H24O2. The molecule has 1 spiro atoms. The number of ether oxygens (including phenoxy) is 1. The Balaban J connectivity index is 1.83. The first-order valence-electron chi connectivity index (χ1n) is 9.72. The summed E-state index contributed by atoms with van der Waals surface area (Å²) in [4.78, 5) is 14.2. The molecule has 0 saturated carbocycles. The lowest BCUT2D eigenvalue weighted by Crippen LogP contribution is -2.51. The van der Waals surface area contributed by atoms with E-state index in [9.17, 15) is 4.79 Å². The summed E-state index contributed by atoms with van der Waals surface area (Å²) >= 11 is 0. The van der Waals surface area contributed by atoms with E-state index in [4.69, 9.17) is 4.74 Å². The van der Waals surface area contributed by atoms with Gasteiger partial charge in [0.25, 0.3) is 0 Å². The highest BCUT2D eigenvalue weighted by Crippen LogP contribution is 2.66. The second-order valence-electron chi connectivity index (χ2n) is 8.31. The van der Waals surface area contributed by atoms with Crippen molar-refractivity contribution in [3.8, 4) is 0 Å². The first-order valence-corrected chi connectivity index (χ1v) is 9.72. The predicted octanol–water partition coefficient (Wildman–Crippen LogP) is 5.11. The Morgan fingerprint density at radius 2 is 1.48 bits per heavy atom. The molecular weight excluding hydrogens is 332 g/mol. The number of Topliss-reactive ketones (excluding diaryl/α,β-unsaturated/α-hetero) is 1. The minimum atomic E-state index is -0.547. The average molecular weight is 356 g/mol. The van der Waals surface area contributed by atoms with Gasteiger partial charge in [0.2, 0.25) is 0 Å².